The maximum absolute atomic E-state index is 13.8. The van der Waals surface area contributed by atoms with Gasteiger partial charge >= 0.3 is 5.97 Å². The third-order valence-electron chi connectivity index (χ3n) is 4.34. The predicted molar refractivity (Wildman–Crippen MR) is 85.7 cm³/mol. The number of carbonyl (C=O) groups excluding carboxylic acids is 1. The summed E-state index contributed by atoms with van der Waals surface area (Å²) in [6.07, 6.45) is 3.22. The Hall–Kier alpha value is -2.90. The summed E-state index contributed by atoms with van der Waals surface area (Å²) in [5, 5.41) is 13.6. The molecule has 0 atom stereocenters. The number of carboxylic acids is 1. The Kier molecular flexibility index (Phi) is 4.43. The number of benzene rings is 1. The highest BCUT2D eigenvalue weighted by Crippen LogP contribution is 2.31. The minimum Gasteiger partial charge on any atom is -0.478 e. The number of likely N-dealkylation sites (tertiary alicyclic amines) is 1. The average Bonchev–Trinajstić information content (AvgIpc) is 3.03. The van der Waals surface area contributed by atoms with Gasteiger partial charge in [0.15, 0.2) is 11.6 Å². The quantitative estimate of drug-likeness (QED) is 0.910. The molecule has 1 aliphatic heterocycles. The summed E-state index contributed by atoms with van der Waals surface area (Å²) in [7, 11) is 1.71. The Morgan fingerprint density at radius 3 is 2.52 bits per heavy atom. The number of rotatable bonds is 4. The third kappa shape index (κ3) is 3.33. The summed E-state index contributed by atoms with van der Waals surface area (Å²) in [5.41, 5.74) is -1.10. The van der Waals surface area contributed by atoms with Crippen LogP contribution in [0.5, 0.6) is 5.75 Å². The molecule has 0 unspecified atom stereocenters. The Morgan fingerprint density at radius 1 is 1.28 bits per heavy atom. The first-order valence-corrected chi connectivity index (χ1v) is 7.86. The van der Waals surface area contributed by atoms with E-state index in [1.54, 1.807) is 24.2 Å². The van der Waals surface area contributed by atoms with E-state index in [2.05, 4.69) is 5.10 Å². The maximum atomic E-state index is 13.8. The first-order valence-electron chi connectivity index (χ1n) is 7.86. The first-order chi connectivity index (χ1) is 11.9. The summed E-state index contributed by atoms with van der Waals surface area (Å²) in [6, 6.07) is 5.69. The number of ether oxygens (including phenoxy) is 1. The van der Waals surface area contributed by atoms with Crippen molar-refractivity contribution < 1.29 is 23.8 Å². The van der Waals surface area contributed by atoms with Crippen molar-refractivity contribution in [2.45, 2.75) is 18.4 Å². The van der Waals surface area contributed by atoms with Gasteiger partial charge in [0.2, 0.25) is 5.60 Å². The fraction of sp³-hybridized carbons (Fsp3) is 0.353. The predicted octanol–water partition coefficient (Wildman–Crippen LogP) is 1.70. The van der Waals surface area contributed by atoms with Crippen LogP contribution < -0.4 is 4.74 Å². The molecule has 7 nitrogen and oxygen atoms in total. The van der Waals surface area contributed by atoms with Gasteiger partial charge in [-0.15, -0.1) is 0 Å². The van der Waals surface area contributed by atoms with Gasteiger partial charge in [0.1, 0.15) is 0 Å². The molecule has 25 heavy (non-hydrogen) atoms. The van der Waals surface area contributed by atoms with Gasteiger partial charge in [-0.25, -0.2) is 9.18 Å². The van der Waals surface area contributed by atoms with Gasteiger partial charge in [0.05, 0.1) is 11.8 Å². The summed E-state index contributed by atoms with van der Waals surface area (Å²) >= 11 is 0. The van der Waals surface area contributed by atoms with Crippen LogP contribution in [0, 0.1) is 5.82 Å². The average molecular weight is 347 g/mol. The minimum absolute atomic E-state index is 0.0721. The molecule has 2 aromatic rings. The Bertz CT molecular complexity index is 797. The van der Waals surface area contributed by atoms with Crippen LogP contribution in [0.25, 0.3) is 0 Å². The first kappa shape index (κ1) is 16.9. The Balaban J connectivity index is 1.73. The zero-order valence-corrected chi connectivity index (χ0v) is 13.7. The highest BCUT2D eigenvalue weighted by atomic mass is 19.1. The molecule has 1 N–H and O–H groups in total. The normalized spacial score (nSPS) is 16.5. The van der Waals surface area contributed by atoms with E-state index < -0.39 is 17.4 Å². The van der Waals surface area contributed by atoms with Crippen LogP contribution >= 0.6 is 0 Å². The molecule has 0 aliphatic carbocycles. The summed E-state index contributed by atoms with van der Waals surface area (Å²) < 4.78 is 20.9. The molecule has 0 spiro atoms. The van der Waals surface area contributed by atoms with Crippen LogP contribution in [-0.2, 0) is 11.8 Å². The molecule has 1 amide bonds. The van der Waals surface area contributed by atoms with Crippen LogP contribution in [-0.4, -0.2) is 50.4 Å². The zero-order valence-electron chi connectivity index (χ0n) is 13.7. The van der Waals surface area contributed by atoms with Crippen LogP contribution in [0.15, 0.2) is 36.7 Å². The molecular weight excluding hydrogens is 329 g/mol. The van der Waals surface area contributed by atoms with Gasteiger partial charge in [-0.2, -0.15) is 5.10 Å². The van der Waals surface area contributed by atoms with Gasteiger partial charge < -0.3 is 14.7 Å². The molecule has 1 aliphatic rings. The minimum atomic E-state index is -1.55. The SMILES string of the molecule is Cn1cc(C(=O)N2CCC(Oc3ccccc3F)(C(=O)O)CC2)cn1. The molecule has 0 radical (unpaired) electrons. The number of carboxylic acid groups (broad SMARTS) is 1. The molecule has 0 bridgehead atoms. The molecular formula is C17H18FN3O4. The van der Waals surface area contributed by atoms with Gasteiger partial charge in [-0.1, -0.05) is 12.1 Å². The lowest BCUT2D eigenvalue weighted by Crippen LogP contribution is -2.54. The van der Waals surface area contributed by atoms with E-state index in [0.29, 0.717) is 5.56 Å². The highest BCUT2D eigenvalue weighted by Gasteiger charge is 2.45. The van der Waals surface area contributed by atoms with Crippen LogP contribution in [0.2, 0.25) is 0 Å². The number of carbonyl (C=O) groups is 2. The summed E-state index contributed by atoms with van der Waals surface area (Å²) in [4.78, 5) is 25.8. The second-order valence-corrected chi connectivity index (χ2v) is 6.03. The number of nitrogens with zero attached hydrogens (tertiary/aromatic N) is 3. The maximum Gasteiger partial charge on any atom is 0.348 e. The molecule has 8 heteroatoms. The van der Waals surface area contributed by atoms with Crippen molar-refractivity contribution in [2.24, 2.45) is 7.05 Å². The summed E-state index contributed by atoms with van der Waals surface area (Å²) in [6.45, 7) is 0.406. The largest absolute Gasteiger partial charge is 0.478 e. The Morgan fingerprint density at radius 2 is 1.96 bits per heavy atom. The highest BCUT2D eigenvalue weighted by molar-refractivity contribution is 5.94. The van der Waals surface area contributed by atoms with Gasteiger partial charge in [-0.3, -0.25) is 9.48 Å². The third-order valence-corrected chi connectivity index (χ3v) is 4.34. The molecule has 132 valence electrons. The molecule has 1 aromatic carbocycles. The van der Waals surface area contributed by atoms with Crippen molar-refractivity contribution in [3.05, 3.63) is 48.0 Å². The van der Waals surface area contributed by atoms with E-state index in [1.165, 1.54) is 29.1 Å². The topological polar surface area (TPSA) is 84.7 Å². The van der Waals surface area contributed by atoms with Crippen molar-refractivity contribution >= 4 is 11.9 Å². The molecule has 2 heterocycles. The molecule has 1 fully saturated rings. The second-order valence-electron chi connectivity index (χ2n) is 6.03. The van der Waals surface area contributed by atoms with Crippen LogP contribution in [0.4, 0.5) is 4.39 Å². The van der Waals surface area contributed by atoms with Crippen molar-refractivity contribution in [1.29, 1.82) is 0 Å². The fourth-order valence-corrected chi connectivity index (χ4v) is 2.88. The van der Waals surface area contributed by atoms with Crippen LogP contribution in [0.1, 0.15) is 23.2 Å². The number of aliphatic carboxylic acids is 1. The van der Waals surface area contributed by atoms with Crippen molar-refractivity contribution in [3.63, 3.8) is 0 Å². The number of amides is 1. The van der Waals surface area contributed by atoms with E-state index in [9.17, 15) is 19.1 Å². The second kappa shape index (κ2) is 6.54. The smallest absolute Gasteiger partial charge is 0.348 e. The lowest BCUT2D eigenvalue weighted by atomic mass is 9.90. The lowest BCUT2D eigenvalue weighted by molar-refractivity contribution is -0.159. The van der Waals surface area contributed by atoms with Gasteiger partial charge in [0, 0.05) is 39.2 Å². The standard InChI is InChI=1S/C17H18FN3O4/c1-20-11-12(10-19-20)15(22)21-8-6-17(7-9-21,16(23)24)25-14-5-3-2-4-13(14)18/h2-5,10-11H,6-9H2,1H3,(H,23,24). The number of para-hydroxylation sites is 1. The molecule has 0 saturated carbocycles. The van der Waals surface area contributed by atoms with Gasteiger partial charge in [0.25, 0.3) is 5.91 Å². The molecule has 3 rings (SSSR count). The molecule has 1 saturated heterocycles. The van der Waals surface area contributed by atoms with Crippen molar-refractivity contribution in [2.75, 3.05) is 13.1 Å². The lowest BCUT2D eigenvalue weighted by Gasteiger charge is -2.38. The number of hydrogen-bond acceptors (Lipinski definition) is 4. The zero-order chi connectivity index (χ0) is 18.0. The fourth-order valence-electron chi connectivity index (χ4n) is 2.88. The number of aryl methyl sites for hydroxylation is 1. The van der Waals surface area contributed by atoms with Crippen molar-refractivity contribution in [3.8, 4) is 5.75 Å². The number of piperidine rings is 1. The van der Waals surface area contributed by atoms with E-state index in [4.69, 9.17) is 4.74 Å². The van der Waals surface area contributed by atoms with Gasteiger partial charge in [-0.05, 0) is 12.1 Å². The number of hydrogen-bond donors (Lipinski definition) is 1. The van der Waals surface area contributed by atoms with Crippen LogP contribution in [0.3, 0.4) is 0 Å². The monoisotopic (exact) mass is 347 g/mol. The van der Waals surface area contributed by atoms with E-state index >= 15 is 0 Å². The van der Waals surface area contributed by atoms with Crippen molar-refractivity contribution in [1.82, 2.24) is 14.7 Å². The van der Waals surface area contributed by atoms with E-state index in [1.807, 2.05) is 0 Å². The number of aromatic nitrogens is 2. The Labute approximate surface area is 143 Å². The number of halogens is 1. The molecule has 1 aromatic heterocycles. The van der Waals surface area contributed by atoms with E-state index in [-0.39, 0.29) is 37.6 Å². The summed E-state index contributed by atoms with van der Waals surface area (Å²) in [5.74, 6) is -2.09. The van der Waals surface area contributed by atoms with E-state index in [0.717, 1.165) is 0 Å².